The number of aromatic nitrogens is 1. The Morgan fingerprint density at radius 3 is 2.33 bits per heavy atom. The average Bonchev–Trinajstić information content (AvgIpc) is 2.77. The van der Waals surface area contributed by atoms with Gasteiger partial charge >= 0.3 is 0 Å². The maximum absolute atomic E-state index is 3.54. The van der Waals surface area contributed by atoms with Gasteiger partial charge in [0.15, 0.2) is 0 Å². The van der Waals surface area contributed by atoms with Crippen molar-refractivity contribution in [3.63, 3.8) is 0 Å². The van der Waals surface area contributed by atoms with Gasteiger partial charge in [-0.2, -0.15) is 0 Å². The van der Waals surface area contributed by atoms with E-state index in [4.69, 9.17) is 0 Å². The summed E-state index contributed by atoms with van der Waals surface area (Å²) in [5, 5.41) is 3.54. The van der Waals surface area contributed by atoms with Gasteiger partial charge in [0.1, 0.15) is 0 Å². The third-order valence-electron chi connectivity index (χ3n) is 4.25. The third kappa shape index (κ3) is 3.90. The number of benzene rings is 1. The first-order valence-corrected chi connectivity index (χ1v) is 8.14. The molecule has 2 heteroatoms. The fourth-order valence-corrected chi connectivity index (χ4v) is 2.91. The highest BCUT2D eigenvalue weighted by molar-refractivity contribution is 5.45. The molecule has 1 aromatic carbocycles. The summed E-state index contributed by atoms with van der Waals surface area (Å²) in [6.07, 6.45) is 3.72. The van der Waals surface area contributed by atoms with Gasteiger partial charge in [-0.3, -0.25) is 0 Å². The number of hydrogen-bond donors (Lipinski definition) is 1. The van der Waals surface area contributed by atoms with E-state index in [1.165, 1.54) is 47.5 Å². The number of nitrogens with one attached hydrogen (secondary N) is 1. The minimum Gasteiger partial charge on any atom is -0.381 e. The van der Waals surface area contributed by atoms with Gasteiger partial charge in [-0.1, -0.05) is 25.5 Å². The molecular weight excluding hydrogens is 256 g/mol. The lowest BCUT2D eigenvalue weighted by Crippen LogP contribution is -2.03. The summed E-state index contributed by atoms with van der Waals surface area (Å²) < 4.78 is 2.37. The molecule has 0 fully saturated rings. The zero-order valence-electron chi connectivity index (χ0n) is 13.9. The molecule has 21 heavy (non-hydrogen) atoms. The number of aryl methyl sites for hydroxylation is 2. The van der Waals surface area contributed by atoms with Gasteiger partial charge in [0, 0.05) is 30.2 Å². The van der Waals surface area contributed by atoms with E-state index in [9.17, 15) is 0 Å². The van der Waals surface area contributed by atoms with Crippen molar-refractivity contribution in [3.8, 4) is 0 Å². The van der Waals surface area contributed by atoms with Crippen molar-refractivity contribution < 1.29 is 0 Å². The first kappa shape index (κ1) is 15.7. The van der Waals surface area contributed by atoms with Crippen LogP contribution in [0.15, 0.2) is 30.3 Å². The Morgan fingerprint density at radius 2 is 1.76 bits per heavy atom. The van der Waals surface area contributed by atoms with Crippen molar-refractivity contribution >= 4 is 5.69 Å². The van der Waals surface area contributed by atoms with Crippen LogP contribution in [0.4, 0.5) is 5.69 Å². The molecular formula is C19H28N2. The molecule has 0 radical (unpaired) electrons. The smallest absolute Gasteiger partial charge is 0.0418 e. The standard InChI is InChI=1S/C19H28N2/c1-5-7-8-17-9-11-19(12-10-17)20-14-18-13-15(3)21(6-2)16(18)4/h9-13,20H,5-8,14H2,1-4H3. The second-order valence-corrected chi connectivity index (χ2v) is 5.79. The van der Waals surface area contributed by atoms with E-state index in [1.807, 2.05) is 0 Å². The summed E-state index contributed by atoms with van der Waals surface area (Å²) in [6, 6.07) is 11.2. The molecule has 1 heterocycles. The van der Waals surface area contributed by atoms with Crippen molar-refractivity contribution in [2.24, 2.45) is 0 Å². The fourth-order valence-electron chi connectivity index (χ4n) is 2.91. The van der Waals surface area contributed by atoms with Crippen molar-refractivity contribution in [3.05, 3.63) is 52.8 Å². The van der Waals surface area contributed by atoms with Crippen LogP contribution in [0.5, 0.6) is 0 Å². The van der Waals surface area contributed by atoms with Crippen LogP contribution < -0.4 is 5.32 Å². The summed E-state index contributed by atoms with van der Waals surface area (Å²) in [5.74, 6) is 0. The molecule has 0 aliphatic rings. The highest BCUT2D eigenvalue weighted by Gasteiger charge is 2.07. The third-order valence-corrected chi connectivity index (χ3v) is 4.25. The quantitative estimate of drug-likeness (QED) is 0.750. The predicted octanol–water partition coefficient (Wildman–Crippen LogP) is 5.08. The maximum atomic E-state index is 3.54. The molecule has 0 atom stereocenters. The Labute approximate surface area is 129 Å². The highest BCUT2D eigenvalue weighted by atomic mass is 15.0. The first-order chi connectivity index (χ1) is 10.2. The van der Waals surface area contributed by atoms with Gasteiger partial charge in [0.05, 0.1) is 0 Å². The highest BCUT2D eigenvalue weighted by Crippen LogP contribution is 2.18. The number of hydrogen-bond acceptors (Lipinski definition) is 1. The zero-order chi connectivity index (χ0) is 15.2. The van der Waals surface area contributed by atoms with Gasteiger partial charge < -0.3 is 9.88 Å². The normalized spacial score (nSPS) is 10.9. The Morgan fingerprint density at radius 1 is 1.05 bits per heavy atom. The van der Waals surface area contributed by atoms with Gasteiger partial charge in [0.25, 0.3) is 0 Å². The molecule has 114 valence electrons. The SMILES string of the molecule is CCCCc1ccc(NCc2cc(C)n(CC)c2C)cc1. The summed E-state index contributed by atoms with van der Waals surface area (Å²) >= 11 is 0. The Bertz CT molecular complexity index is 564. The van der Waals surface area contributed by atoms with Crippen LogP contribution >= 0.6 is 0 Å². The lowest BCUT2D eigenvalue weighted by Gasteiger charge is -2.09. The van der Waals surface area contributed by atoms with Gasteiger partial charge in [-0.05, 0) is 62.9 Å². The second-order valence-electron chi connectivity index (χ2n) is 5.79. The van der Waals surface area contributed by atoms with Crippen LogP contribution in [0.3, 0.4) is 0 Å². The Kier molecular flexibility index (Phi) is 5.49. The van der Waals surface area contributed by atoms with E-state index in [-0.39, 0.29) is 0 Å². The monoisotopic (exact) mass is 284 g/mol. The molecule has 2 nitrogen and oxygen atoms in total. The number of rotatable bonds is 7. The second kappa shape index (κ2) is 7.35. The van der Waals surface area contributed by atoms with Gasteiger partial charge in [-0.25, -0.2) is 0 Å². The van der Waals surface area contributed by atoms with Crippen molar-refractivity contribution in [2.45, 2.75) is 60.0 Å². The van der Waals surface area contributed by atoms with Crippen LogP contribution in [0, 0.1) is 13.8 Å². The van der Waals surface area contributed by atoms with E-state index in [0.29, 0.717) is 0 Å². The first-order valence-electron chi connectivity index (χ1n) is 8.14. The Hall–Kier alpha value is -1.70. The number of nitrogens with zero attached hydrogens (tertiary/aromatic N) is 1. The fraction of sp³-hybridized carbons (Fsp3) is 0.474. The molecule has 1 N–H and O–H groups in total. The van der Waals surface area contributed by atoms with Crippen molar-refractivity contribution in [1.29, 1.82) is 0 Å². The number of unbranched alkanes of at least 4 members (excludes halogenated alkanes) is 1. The largest absolute Gasteiger partial charge is 0.381 e. The van der Waals surface area contributed by atoms with Gasteiger partial charge in [0.2, 0.25) is 0 Å². The summed E-state index contributed by atoms with van der Waals surface area (Å²) in [7, 11) is 0. The van der Waals surface area contributed by atoms with Gasteiger partial charge in [-0.15, -0.1) is 0 Å². The van der Waals surface area contributed by atoms with Crippen LogP contribution in [0.1, 0.15) is 49.2 Å². The number of anilines is 1. The van der Waals surface area contributed by atoms with E-state index in [0.717, 1.165) is 13.1 Å². The average molecular weight is 284 g/mol. The van der Waals surface area contributed by atoms with E-state index in [2.05, 4.69) is 67.9 Å². The molecule has 0 aliphatic carbocycles. The summed E-state index contributed by atoms with van der Waals surface area (Å²) in [6.45, 7) is 10.8. The molecule has 0 amide bonds. The van der Waals surface area contributed by atoms with Crippen molar-refractivity contribution in [2.75, 3.05) is 5.32 Å². The molecule has 0 unspecified atom stereocenters. The molecule has 2 aromatic rings. The van der Waals surface area contributed by atoms with E-state index < -0.39 is 0 Å². The summed E-state index contributed by atoms with van der Waals surface area (Å²) in [4.78, 5) is 0. The maximum Gasteiger partial charge on any atom is 0.0418 e. The van der Waals surface area contributed by atoms with Crippen LogP contribution in [-0.2, 0) is 19.5 Å². The van der Waals surface area contributed by atoms with Crippen LogP contribution in [0.2, 0.25) is 0 Å². The summed E-state index contributed by atoms with van der Waals surface area (Å²) in [5.41, 5.74) is 6.76. The molecule has 0 spiro atoms. The Balaban J connectivity index is 1.97. The van der Waals surface area contributed by atoms with E-state index in [1.54, 1.807) is 0 Å². The minimum absolute atomic E-state index is 0.897. The molecule has 1 aromatic heterocycles. The van der Waals surface area contributed by atoms with Crippen LogP contribution in [0.25, 0.3) is 0 Å². The van der Waals surface area contributed by atoms with Crippen LogP contribution in [-0.4, -0.2) is 4.57 Å². The topological polar surface area (TPSA) is 17.0 Å². The van der Waals surface area contributed by atoms with E-state index >= 15 is 0 Å². The molecule has 0 bridgehead atoms. The molecule has 0 saturated carbocycles. The molecule has 2 rings (SSSR count). The molecule has 0 saturated heterocycles. The zero-order valence-corrected chi connectivity index (χ0v) is 13.9. The predicted molar refractivity (Wildman–Crippen MR) is 92.0 cm³/mol. The van der Waals surface area contributed by atoms with Crippen molar-refractivity contribution in [1.82, 2.24) is 4.57 Å². The lowest BCUT2D eigenvalue weighted by molar-refractivity contribution is 0.715. The lowest BCUT2D eigenvalue weighted by atomic mass is 10.1. The molecule has 0 aliphatic heterocycles. The minimum atomic E-state index is 0.897.